The molecule has 0 radical (unpaired) electrons. The second-order valence-electron chi connectivity index (χ2n) is 5.23. The van der Waals surface area contributed by atoms with Crippen molar-refractivity contribution in [3.63, 3.8) is 0 Å². The van der Waals surface area contributed by atoms with Crippen molar-refractivity contribution in [2.24, 2.45) is 5.41 Å². The number of alkyl halides is 3. The molecule has 112 valence electrons. The number of nitrogens with one attached hydrogen (secondary N) is 1. The van der Waals surface area contributed by atoms with E-state index in [-0.39, 0.29) is 5.95 Å². The largest absolute Gasteiger partial charge is 0.467 e. The molecule has 0 amide bonds. The number of rotatable bonds is 3. The van der Waals surface area contributed by atoms with Crippen LogP contribution in [0.5, 0.6) is 0 Å². The molecule has 0 bridgehead atoms. The maximum absolute atomic E-state index is 12.6. The summed E-state index contributed by atoms with van der Waals surface area (Å²) in [7, 11) is 1.20. The zero-order valence-corrected chi connectivity index (χ0v) is 11.6. The molecule has 0 aliphatic rings. The Kier molecular flexibility index (Phi) is 4.57. The van der Waals surface area contributed by atoms with Crippen LogP contribution in [-0.2, 0) is 15.7 Å². The number of aromatic nitrogens is 2. The highest BCUT2D eigenvalue weighted by molar-refractivity contribution is 5.79. The molecule has 0 fully saturated rings. The number of nitrogens with zero attached hydrogens (tertiary/aromatic N) is 2. The highest BCUT2D eigenvalue weighted by atomic mass is 19.4. The van der Waals surface area contributed by atoms with Gasteiger partial charge in [-0.3, -0.25) is 0 Å². The standard InChI is InChI=1S/C12H16F3N3O2/c1-11(2,3)8(9(19)20-4)18-10-16-6-5-7(17-10)12(13,14)15/h5-6,8H,1-4H3,(H,16,17,18). The molecule has 20 heavy (non-hydrogen) atoms. The molecule has 1 aromatic heterocycles. The van der Waals surface area contributed by atoms with Crippen LogP contribution in [-0.4, -0.2) is 29.1 Å². The van der Waals surface area contributed by atoms with E-state index < -0.39 is 29.3 Å². The van der Waals surface area contributed by atoms with E-state index in [4.69, 9.17) is 0 Å². The maximum Gasteiger partial charge on any atom is 0.433 e. The minimum atomic E-state index is -4.57. The topological polar surface area (TPSA) is 64.1 Å². The summed E-state index contributed by atoms with van der Waals surface area (Å²) < 4.78 is 42.3. The van der Waals surface area contributed by atoms with Crippen molar-refractivity contribution < 1.29 is 22.7 Å². The smallest absolute Gasteiger partial charge is 0.433 e. The average Bonchev–Trinajstić information content (AvgIpc) is 2.33. The summed E-state index contributed by atoms with van der Waals surface area (Å²) in [5, 5.41) is 2.59. The Labute approximate surface area is 114 Å². The minimum absolute atomic E-state index is 0.273. The van der Waals surface area contributed by atoms with E-state index in [0.717, 1.165) is 12.3 Å². The number of carbonyl (C=O) groups is 1. The Hall–Kier alpha value is -1.86. The van der Waals surface area contributed by atoms with Gasteiger partial charge in [0.05, 0.1) is 7.11 Å². The first-order chi connectivity index (χ1) is 9.05. The number of carbonyl (C=O) groups excluding carboxylic acids is 1. The fourth-order valence-corrected chi connectivity index (χ4v) is 1.46. The molecule has 1 heterocycles. The van der Waals surface area contributed by atoms with Gasteiger partial charge in [-0.05, 0) is 11.5 Å². The average molecular weight is 291 g/mol. The SMILES string of the molecule is COC(=O)C(Nc1nccc(C(F)(F)F)n1)C(C)(C)C. The fraction of sp³-hybridized carbons (Fsp3) is 0.583. The number of hydrogen-bond acceptors (Lipinski definition) is 5. The van der Waals surface area contributed by atoms with Crippen molar-refractivity contribution in [1.29, 1.82) is 0 Å². The Morgan fingerprint density at radius 1 is 1.35 bits per heavy atom. The molecule has 0 aliphatic carbocycles. The summed E-state index contributed by atoms with van der Waals surface area (Å²) in [6.07, 6.45) is -3.59. The van der Waals surface area contributed by atoms with Crippen molar-refractivity contribution in [3.05, 3.63) is 18.0 Å². The normalized spacial score (nSPS) is 13.8. The lowest BCUT2D eigenvalue weighted by Crippen LogP contribution is -2.42. The Balaban J connectivity index is 3.04. The number of anilines is 1. The molecule has 1 unspecified atom stereocenters. The van der Waals surface area contributed by atoms with Crippen LogP contribution in [0.4, 0.5) is 19.1 Å². The number of halogens is 3. The van der Waals surface area contributed by atoms with Crippen molar-refractivity contribution in [1.82, 2.24) is 9.97 Å². The quantitative estimate of drug-likeness (QED) is 0.867. The van der Waals surface area contributed by atoms with E-state index in [9.17, 15) is 18.0 Å². The maximum atomic E-state index is 12.6. The van der Waals surface area contributed by atoms with E-state index in [1.807, 2.05) is 0 Å². The molecular formula is C12H16F3N3O2. The molecule has 0 aromatic carbocycles. The minimum Gasteiger partial charge on any atom is -0.467 e. The first-order valence-electron chi connectivity index (χ1n) is 5.80. The lowest BCUT2D eigenvalue weighted by molar-refractivity contribution is -0.143. The Morgan fingerprint density at radius 2 is 1.95 bits per heavy atom. The van der Waals surface area contributed by atoms with Gasteiger partial charge in [0.2, 0.25) is 5.95 Å². The van der Waals surface area contributed by atoms with Crippen LogP contribution < -0.4 is 5.32 Å². The van der Waals surface area contributed by atoms with E-state index in [1.54, 1.807) is 20.8 Å². The summed E-state index contributed by atoms with van der Waals surface area (Å²) in [4.78, 5) is 18.7. The zero-order chi connectivity index (χ0) is 15.6. The number of methoxy groups -OCH3 is 1. The molecule has 1 rings (SSSR count). The zero-order valence-electron chi connectivity index (χ0n) is 11.6. The van der Waals surface area contributed by atoms with Gasteiger partial charge in [-0.2, -0.15) is 13.2 Å². The molecule has 1 N–H and O–H groups in total. The second kappa shape index (κ2) is 5.64. The summed E-state index contributed by atoms with van der Waals surface area (Å²) in [6.45, 7) is 5.24. The van der Waals surface area contributed by atoms with Gasteiger partial charge in [0.1, 0.15) is 11.7 Å². The van der Waals surface area contributed by atoms with Gasteiger partial charge in [-0.1, -0.05) is 20.8 Å². The molecule has 0 saturated carbocycles. The van der Waals surface area contributed by atoms with Gasteiger partial charge in [0.15, 0.2) is 0 Å². The van der Waals surface area contributed by atoms with Gasteiger partial charge in [-0.25, -0.2) is 14.8 Å². The molecule has 8 heteroatoms. The summed E-state index contributed by atoms with van der Waals surface area (Å²) in [6, 6.07) is -0.105. The van der Waals surface area contributed by atoms with Gasteiger partial charge in [0.25, 0.3) is 0 Å². The van der Waals surface area contributed by atoms with Crippen molar-refractivity contribution in [2.45, 2.75) is 33.0 Å². The monoisotopic (exact) mass is 291 g/mol. The molecular weight excluding hydrogens is 275 g/mol. The molecule has 0 spiro atoms. The highest BCUT2D eigenvalue weighted by Crippen LogP contribution is 2.28. The second-order valence-corrected chi connectivity index (χ2v) is 5.23. The Bertz CT molecular complexity index is 484. The number of hydrogen-bond donors (Lipinski definition) is 1. The van der Waals surface area contributed by atoms with Crippen LogP contribution in [0.2, 0.25) is 0 Å². The van der Waals surface area contributed by atoms with Gasteiger partial charge in [-0.15, -0.1) is 0 Å². The number of esters is 1. The van der Waals surface area contributed by atoms with Crippen LogP contribution in [0.3, 0.4) is 0 Å². The van der Waals surface area contributed by atoms with Crippen LogP contribution >= 0.6 is 0 Å². The molecule has 0 aliphatic heterocycles. The van der Waals surface area contributed by atoms with E-state index in [1.165, 1.54) is 7.11 Å². The fourth-order valence-electron chi connectivity index (χ4n) is 1.46. The van der Waals surface area contributed by atoms with Crippen LogP contribution in [0, 0.1) is 5.41 Å². The molecule has 1 aromatic rings. The molecule has 1 atom stereocenters. The summed E-state index contributed by atoms with van der Waals surface area (Å²) >= 11 is 0. The summed E-state index contributed by atoms with van der Waals surface area (Å²) in [5.74, 6) is -0.872. The van der Waals surface area contributed by atoms with E-state index in [0.29, 0.717) is 0 Å². The third-order valence-electron chi connectivity index (χ3n) is 2.52. The van der Waals surface area contributed by atoms with Crippen LogP contribution in [0.15, 0.2) is 12.3 Å². The molecule has 0 saturated heterocycles. The van der Waals surface area contributed by atoms with Gasteiger partial charge in [0, 0.05) is 6.20 Å². The first-order valence-corrected chi connectivity index (χ1v) is 5.80. The van der Waals surface area contributed by atoms with Crippen molar-refractivity contribution in [2.75, 3.05) is 12.4 Å². The van der Waals surface area contributed by atoms with E-state index >= 15 is 0 Å². The first kappa shape index (κ1) is 16.2. The lowest BCUT2D eigenvalue weighted by Gasteiger charge is -2.29. The van der Waals surface area contributed by atoms with Crippen LogP contribution in [0.25, 0.3) is 0 Å². The van der Waals surface area contributed by atoms with Crippen molar-refractivity contribution in [3.8, 4) is 0 Å². The van der Waals surface area contributed by atoms with Crippen molar-refractivity contribution >= 4 is 11.9 Å². The lowest BCUT2D eigenvalue weighted by atomic mass is 9.87. The number of ether oxygens (including phenoxy) is 1. The summed E-state index contributed by atoms with van der Waals surface area (Å²) in [5.41, 5.74) is -1.66. The van der Waals surface area contributed by atoms with Gasteiger partial charge >= 0.3 is 12.1 Å². The van der Waals surface area contributed by atoms with Gasteiger partial charge < -0.3 is 10.1 Å². The molecule has 5 nitrogen and oxygen atoms in total. The Morgan fingerprint density at radius 3 is 2.40 bits per heavy atom. The predicted molar refractivity (Wildman–Crippen MR) is 65.9 cm³/mol. The van der Waals surface area contributed by atoms with E-state index in [2.05, 4.69) is 20.0 Å². The van der Waals surface area contributed by atoms with Crippen LogP contribution in [0.1, 0.15) is 26.5 Å². The third kappa shape index (κ3) is 4.07. The third-order valence-corrected chi connectivity index (χ3v) is 2.52. The highest BCUT2D eigenvalue weighted by Gasteiger charge is 2.35. The predicted octanol–water partition coefficient (Wildman–Crippen LogP) is 2.50.